The van der Waals surface area contributed by atoms with Gasteiger partial charge in [-0.25, -0.2) is 8.42 Å². The Bertz CT molecular complexity index is 691. The Morgan fingerprint density at radius 3 is 2.63 bits per heavy atom. The van der Waals surface area contributed by atoms with E-state index < -0.39 is 10.0 Å². The number of carbonyl (C=O) groups excluding carboxylic acids is 1. The van der Waals surface area contributed by atoms with Crippen LogP contribution in [0.2, 0.25) is 0 Å². The van der Waals surface area contributed by atoms with Gasteiger partial charge in [0, 0.05) is 32.8 Å². The molecule has 1 heterocycles. The zero-order valence-electron chi connectivity index (χ0n) is 16.1. The van der Waals surface area contributed by atoms with Crippen molar-refractivity contribution in [2.24, 2.45) is 5.92 Å². The third-order valence-electron chi connectivity index (χ3n) is 4.50. The molecule has 1 aromatic rings. The van der Waals surface area contributed by atoms with Gasteiger partial charge in [-0.05, 0) is 57.4 Å². The Morgan fingerprint density at radius 2 is 1.96 bits per heavy atom. The summed E-state index contributed by atoms with van der Waals surface area (Å²) in [5.74, 6) is 0.237. The van der Waals surface area contributed by atoms with Crippen LogP contribution in [0.5, 0.6) is 5.75 Å². The first kappa shape index (κ1) is 21.7. The second-order valence-electron chi connectivity index (χ2n) is 6.45. The van der Waals surface area contributed by atoms with Crippen molar-refractivity contribution in [1.82, 2.24) is 9.62 Å². The van der Waals surface area contributed by atoms with Gasteiger partial charge in [0.25, 0.3) is 0 Å². The van der Waals surface area contributed by atoms with Gasteiger partial charge < -0.3 is 14.8 Å². The van der Waals surface area contributed by atoms with Gasteiger partial charge in [-0.2, -0.15) is 4.31 Å². The fraction of sp³-hybridized carbons (Fsp3) is 0.632. The number of hydrogen-bond acceptors (Lipinski definition) is 5. The Morgan fingerprint density at radius 1 is 1.22 bits per heavy atom. The molecule has 1 aliphatic heterocycles. The van der Waals surface area contributed by atoms with Crippen LogP contribution >= 0.6 is 0 Å². The van der Waals surface area contributed by atoms with E-state index in [0.717, 1.165) is 6.42 Å². The maximum Gasteiger partial charge on any atom is 0.243 e. The van der Waals surface area contributed by atoms with E-state index in [1.807, 2.05) is 13.8 Å². The third kappa shape index (κ3) is 6.19. The van der Waals surface area contributed by atoms with Gasteiger partial charge in [0.15, 0.2) is 0 Å². The lowest BCUT2D eigenvalue weighted by Gasteiger charge is -2.31. The van der Waals surface area contributed by atoms with E-state index in [2.05, 4.69) is 5.32 Å². The highest BCUT2D eigenvalue weighted by atomic mass is 32.2. The molecule has 0 aromatic heterocycles. The molecule has 7 nitrogen and oxygen atoms in total. The van der Waals surface area contributed by atoms with Crippen molar-refractivity contribution in [1.29, 1.82) is 0 Å². The number of rotatable bonds is 10. The molecule has 1 aromatic carbocycles. The normalized spacial score (nSPS) is 18.2. The number of sulfonamides is 1. The number of carbonyl (C=O) groups is 1. The average molecular weight is 399 g/mol. The van der Waals surface area contributed by atoms with Gasteiger partial charge in [0.05, 0.1) is 17.4 Å². The topological polar surface area (TPSA) is 84.9 Å². The van der Waals surface area contributed by atoms with Crippen molar-refractivity contribution in [3.63, 3.8) is 0 Å². The molecule has 1 atom stereocenters. The van der Waals surface area contributed by atoms with Crippen LogP contribution in [-0.2, 0) is 19.6 Å². The van der Waals surface area contributed by atoms with Crippen molar-refractivity contribution in [2.75, 3.05) is 39.5 Å². The molecular weight excluding hydrogens is 368 g/mol. The number of nitrogens with zero attached hydrogens (tertiary/aromatic N) is 1. The quantitative estimate of drug-likeness (QED) is 0.610. The zero-order chi connectivity index (χ0) is 19.7. The molecular formula is C19H30N2O5S. The predicted octanol–water partition coefficient (Wildman–Crippen LogP) is 2.03. The van der Waals surface area contributed by atoms with Crippen LogP contribution < -0.4 is 10.1 Å². The number of piperidine rings is 1. The van der Waals surface area contributed by atoms with E-state index in [-0.39, 0.29) is 23.3 Å². The molecule has 2 rings (SSSR count). The van der Waals surface area contributed by atoms with Gasteiger partial charge in [-0.3, -0.25) is 4.79 Å². The van der Waals surface area contributed by atoms with Crippen LogP contribution in [0, 0.1) is 5.92 Å². The van der Waals surface area contributed by atoms with Crippen molar-refractivity contribution in [2.45, 2.75) is 38.0 Å². The summed E-state index contributed by atoms with van der Waals surface area (Å²) in [6, 6.07) is 6.42. The predicted molar refractivity (Wildman–Crippen MR) is 103 cm³/mol. The SMILES string of the molecule is CCOCCCNC(=O)[C@H]1CCCN(S(=O)(=O)c2ccc(OCC)cc2)C1. The fourth-order valence-electron chi connectivity index (χ4n) is 3.07. The summed E-state index contributed by atoms with van der Waals surface area (Å²) in [6.07, 6.45) is 2.13. The van der Waals surface area contributed by atoms with Gasteiger partial charge in [-0.15, -0.1) is 0 Å². The van der Waals surface area contributed by atoms with Crippen LogP contribution in [0.25, 0.3) is 0 Å². The van der Waals surface area contributed by atoms with Crippen molar-refractivity contribution >= 4 is 15.9 Å². The van der Waals surface area contributed by atoms with Crippen molar-refractivity contribution in [3.05, 3.63) is 24.3 Å². The molecule has 152 valence electrons. The second-order valence-corrected chi connectivity index (χ2v) is 8.39. The molecule has 0 aliphatic carbocycles. The maximum absolute atomic E-state index is 12.9. The smallest absolute Gasteiger partial charge is 0.243 e. The largest absolute Gasteiger partial charge is 0.494 e. The van der Waals surface area contributed by atoms with Gasteiger partial charge in [0.1, 0.15) is 5.75 Å². The summed E-state index contributed by atoms with van der Waals surface area (Å²) in [4.78, 5) is 12.6. The van der Waals surface area contributed by atoms with E-state index in [4.69, 9.17) is 9.47 Å². The molecule has 1 aliphatic rings. The van der Waals surface area contributed by atoms with Crippen LogP contribution in [0.3, 0.4) is 0 Å². The Hall–Kier alpha value is -1.64. The minimum absolute atomic E-state index is 0.0851. The molecule has 1 N–H and O–H groups in total. The second kappa shape index (κ2) is 10.6. The lowest BCUT2D eigenvalue weighted by Crippen LogP contribution is -2.45. The van der Waals surface area contributed by atoms with Crippen molar-refractivity contribution < 1.29 is 22.7 Å². The van der Waals surface area contributed by atoms with E-state index in [1.54, 1.807) is 24.3 Å². The molecule has 1 saturated heterocycles. The molecule has 8 heteroatoms. The average Bonchev–Trinajstić information content (AvgIpc) is 2.68. The Kier molecular flexibility index (Phi) is 8.53. The third-order valence-corrected chi connectivity index (χ3v) is 6.38. The lowest BCUT2D eigenvalue weighted by molar-refractivity contribution is -0.126. The number of nitrogens with one attached hydrogen (secondary N) is 1. The number of amides is 1. The van der Waals surface area contributed by atoms with Crippen LogP contribution in [0.1, 0.15) is 33.1 Å². The van der Waals surface area contributed by atoms with Gasteiger partial charge in [0.2, 0.25) is 15.9 Å². The summed E-state index contributed by atoms with van der Waals surface area (Å²) >= 11 is 0. The first-order chi connectivity index (χ1) is 13.0. The number of ether oxygens (including phenoxy) is 2. The van der Waals surface area contributed by atoms with E-state index in [9.17, 15) is 13.2 Å². The molecule has 0 unspecified atom stereocenters. The standard InChI is InChI=1S/C19H30N2O5S/c1-3-25-14-6-12-20-19(22)16-7-5-13-21(15-16)27(23,24)18-10-8-17(9-11-18)26-4-2/h8-11,16H,3-7,12-15H2,1-2H3,(H,20,22)/t16-/m0/s1. The summed E-state index contributed by atoms with van der Waals surface area (Å²) in [5, 5.41) is 2.89. The van der Waals surface area contributed by atoms with Crippen LogP contribution in [0.15, 0.2) is 29.2 Å². The molecule has 0 saturated carbocycles. The van der Waals surface area contributed by atoms with E-state index >= 15 is 0 Å². The summed E-state index contributed by atoms with van der Waals surface area (Å²) in [7, 11) is -3.61. The molecule has 27 heavy (non-hydrogen) atoms. The van der Waals surface area contributed by atoms with Gasteiger partial charge >= 0.3 is 0 Å². The fourth-order valence-corrected chi connectivity index (χ4v) is 4.60. The summed E-state index contributed by atoms with van der Waals surface area (Å²) in [6.45, 7) is 6.80. The summed E-state index contributed by atoms with van der Waals surface area (Å²) < 4.78 is 37.8. The van der Waals surface area contributed by atoms with E-state index in [0.29, 0.717) is 51.5 Å². The highest BCUT2D eigenvalue weighted by Crippen LogP contribution is 2.25. The zero-order valence-corrected chi connectivity index (χ0v) is 17.0. The highest BCUT2D eigenvalue weighted by Gasteiger charge is 2.33. The Balaban J connectivity index is 1.94. The maximum atomic E-state index is 12.9. The number of benzene rings is 1. The van der Waals surface area contributed by atoms with Crippen molar-refractivity contribution in [3.8, 4) is 5.75 Å². The molecule has 0 radical (unpaired) electrons. The highest BCUT2D eigenvalue weighted by molar-refractivity contribution is 7.89. The molecule has 1 amide bonds. The van der Waals surface area contributed by atoms with E-state index in [1.165, 1.54) is 4.31 Å². The number of hydrogen-bond donors (Lipinski definition) is 1. The molecule has 1 fully saturated rings. The Labute approximate surface area is 162 Å². The van der Waals surface area contributed by atoms with Gasteiger partial charge in [-0.1, -0.05) is 0 Å². The first-order valence-electron chi connectivity index (χ1n) is 9.57. The minimum atomic E-state index is -3.61. The van der Waals surface area contributed by atoms with Crippen LogP contribution in [-0.4, -0.2) is 58.1 Å². The lowest BCUT2D eigenvalue weighted by atomic mass is 9.99. The minimum Gasteiger partial charge on any atom is -0.494 e. The molecule has 0 spiro atoms. The summed E-state index contributed by atoms with van der Waals surface area (Å²) in [5.41, 5.74) is 0. The monoisotopic (exact) mass is 398 g/mol. The molecule has 0 bridgehead atoms. The van der Waals surface area contributed by atoms with Crippen LogP contribution in [0.4, 0.5) is 0 Å². The first-order valence-corrected chi connectivity index (χ1v) is 11.0.